The van der Waals surface area contributed by atoms with Crippen molar-refractivity contribution < 1.29 is 8.42 Å². The summed E-state index contributed by atoms with van der Waals surface area (Å²) in [5.74, 6) is 0. The van der Waals surface area contributed by atoms with Crippen molar-refractivity contribution in [2.24, 2.45) is 0 Å². The second kappa shape index (κ2) is 6.79. The Labute approximate surface area is 124 Å². The van der Waals surface area contributed by atoms with Crippen molar-refractivity contribution in [3.63, 3.8) is 0 Å². The second-order valence-electron chi connectivity index (χ2n) is 4.91. The van der Waals surface area contributed by atoms with Gasteiger partial charge in [-0.15, -0.1) is 5.10 Å². The summed E-state index contributed by atoms with van der Waals surface area (Å²) in [6.45, 7) is 6.32. The molecule has 2 rings (SSSR count). The molecular weight excluding hydrogens is 298 g/mol. The van der Waals surface area contributed by atoms with E-state index >= 15 is 0 Å². The number of hydrogen-bond donors (Lipinski definition) is 1. The number of hydrogen-bond acceptors (Lipinski definition) is 7. The first kappa shape index (κ1) is 15.6. The van der Waals surface area contributed by atoms with E-state index < -0.39 is 10.0 Å². The largest absolute Gasteiger partial charge is 0.374 e. The van der Waals surface area contributed by atoms with Crippen molar-refractivity contribution in [1.29, 1.82) is 0 Å². The van der Waals surface area contributed by atoms with Crippen LogP contribution in [0.3, 0.4) is 0 Å². The van der Waals surface area contributed by atoms with Gasteiger partial charge < -0.3 is 5.32 Å². The van der Waals surface area contributed by atoms with E-state index in [0.29, 0.717) is 13.1 Å². The predicted molar refractivity (Wildman–Crippen MR) is 80.4 cm³/mol. The van der Waals surface area contributed by atoms with Crippen LogP contribution in [0.15, 0.2) is 0 Å². The van der Waals surface area contributed by atoms with Gasteiger partial charge in [-0.1, -0.05) is 11.4 Å². The zero-order valence-corrected chi connectivity index (χ0v) is 13.5. The Morgan fingerprint density at radius 2 is 2.00 bits per heavy atom. The van der Waals surface area contributed by atoms with Crippen LogP contribution < -0.4 is 5.32 Å². The van der Waals surface area contributed by atoms with Gasteiger partial charge in [0.15, 0.2) is 0 Å². The number of aromatic nitrogens is 2. The van der Waals surface area contributed by atoms with Gasteiger partial charge >= 0.3 is 0 Å². The summed E-state index contributed by atoms with van der Waals surface area (Å²) in [4.78, 5) is 2.22. The van der Waals surface area contributed by atoms with Gasteiger partial charge in [-0.05, 0) is 6.42 Å². The van der Waals surface area contributed by atoms with Gasteiger partial charge in [-0.25, -0.2) is 8.42 Å². The minimum atomic E-state index is -3.06. The quantitative estimate of drug-likeness (QED) is 0.819. The van der Waals surface area contributed by atoms with Gasteiger partial charge in [0, 0.05) is 50.8 Å². The van der Waals surface area contributed by atoms with Crippen molar-refractivity contribution >= 4 is 26.6 Å². The van der Waals surface area contributed by atoms with E-state index in [1.807, 2.05) is 0 Å². The molecule has 1 aromatic rings. The van der Waals surface area contributed by atoms with Crippen LogP contribution in [0.5, 0.6) is 0 Å². The van der Waals surface area contributed by atoms with E-state index in [1.165, 1.54) is 22.1 Å². The number of rotatable bonds is 6. The van der Waals surface area contributed by atoms with Gasteiger partial charge in [0.05, 0.1) is 6.26 Å². The van der Waals surface area contributed by atoms with E-state index in [4.69, 9.17) is 0 Å². The van der Waals surface area contributed by atoms with Gasteiger partial charge in [-0.3, -0.25) is 4.90 Å². The Morgan fingerprint density at radius 1 is 1.30 bits per heavy atom. The zero-order chi connectivity index (χ0) is 14.6. The predicted octanol–water partition coefficient (Wildman–Crippen LogP) is 0.437. The molecule has 1 aromatic heterocycles. The summed E-state index contributed by atoms with van der Waals surface area (Å²) in [6, 6.07) is 0. The molecule has 114 valence electrons. The van der Waals surface area contributed by atoms with Gasteiger partial charge in [0.25, 0.3) is 0 Å². The maximum atomic E-state index is 11.5. The van der Waals surface area contributed by atoms with E-state index in [2.05, 4.69) is 26.7 Å². The normalized spacial score (nSPS) is 18.3. The van der Waals surface area contributed by atoms with E-state index in [1.54, 1.807) is 0 Å². The standard InChI is InChI=1S/C11H21N5O2S2/c1-3-4-12-11-10(13-14-19-11)9-15-5-7-16(8-6-15)20(2,17)18/h12H,3-9H2,1-2H3. The fourth-order valence-corrected chi connectivity index (χ4v) is 3.54. The maximum Gasteiger partial charge on any atom is 0.211 e. The van der Waals surface area contributed by atoms with Crippen LogP contribution in [0.1, 0.15) is 19.0 Å². The summed E-state index contributed by atoms with van der Waals surface area (Å²) in [6.07, 6.45) is 2.32. The highest BCUT2D eigenvalue weighted by molar-refractivity contribution is 7.88. The van der Waals surface area contributed by atoms with Crippen molar-refractivity contribution in [3.05, 3.63) is 5.69 Å². The van der Waals surface area contributed by atoms with Crippen LogP contribution >= 0.6 is 11.5 Å². The van der Waals surface area contributed by atoms with Crippen LogP contribution in [-0.2, 0) is 16.6 Å². The lowest BCUT2D eigenvalue weighted by Gasteiger charge is -2.32. The molecule has 0 aromatic carbocycles. The highest BCUT2D eigenvalue weighted by Gasteiger charge is 2.24. The smallest absolute Gasteiger partial charge is 0.211 e. The Morgan fingerprint density at radius 3 is 2.60 bits per heavy atom. The second-order valence-corrected chi connectivity index (χ2v) is 7.65. The molecule has 0 saturated carbocycles. The van der Waals surface area contributed by atoms with E-state index in [9.17, 15) is 8.42 Å². The lowest BCUT2D eigenvalue weighted by molar-refractivity contribution is 0.180. The Bertz CT molecular complexity index is 523. The van der Waals surface area contributed by atoms with E-state index in [-0.39, 0.29) is 0 Å². The zero-order valence-electron chi connectivity index (χ0n) is 11.9. The number of piperazine rings is 1. The lowest BCUT2D eigenvalue weighted by atomic mass is 10.3. The van der Waals surface area contributed by atoms with Crippen LogP contribution in [0.25, 0.3) is 0 Å². The Balaban J connectivity index is 1.88. The molecule has 1 saturated heterocycles. The van der Waals surface area contributed by atoms with Crippen molar-refractivity contribution in [2.45, 2.75) is 19.9 Å². The van der Waals surface area contributed by atoms with Crippen molar-refractivity contribution in [2.75, 3.05) is 44.3 Å². The molecule has 7 nitrogen and oxygen atoms in total. The molecule has 0 aliphatic carbocycles. The minimum absolute atomic E-state index is 0.550. The molecule has 1 fully saturated rings. The van der Waals surface area contributed by atoms with Crippen LogP contribution in [-0.4, -0.2) is 66.2 Å². The fraction of sp³-hybridized carbons (Fsp3) is 0.818. The first-order valence-corrected chi connectivity index (χ1v) is 9.35. The van der Waals surface area contributed by atoms with Gasteiger partial charge in [0.1, 0.15) is 10.7 Å². The lowest BCUT2D eigenvalue weighted by Crippen LogP contribution is -2.47. The Hall–Kier alpha value is -0.770. The molecule has 0 spiro atoms. The SMILES string of the molecule is CCCNc1snnc1CN1CCN(S(C)(=O)=O)CC1. The first-order chi connectivity index (χ1) is 9.50. The first-order valence-electron chi connectivity index (χ1n) is 6.73. The monoisotopic (exact) mass is 319 g/mol. The molecule has 0 atom stereocenters. The molecule has 1 aliphatic heterocycles. The average molecular weight is 319 g/mol. The maximum absolute atomic E-state index is 11.5. The van der Waals surface area contributed by atoms with Gasteiger partial charge in [-0.2, -0.15) is 4.31 Å². The number of nitrogens with zero attached hydrogens (tertiary/aromatic N) is 4. The third-order valence-corrected chi connectivity index (χ3v) is 5.29. The fourth-order valence-electron chi connectivity index (χ4n) is 2.12. The molecule has 0 unspecified atom stereocenters. The highest BCUT2D eigenvalue weighted by atomic mass is 32.2. The molecule has 0 amide bonds. The molecule has 2 heterocycles. The molecule has 1 N–H and O–H groups in total. The summed E-state index contributed by atoms with van der Waals surface area (Å²) in [7, 11) is -3.06. The van der Waals surface area contributed by atoms with Crippen molar-refractivity contribution in [1.82, 2.24) is 18.8 Å². The van der Waals surface area contributed by atoms with Crippen LogP contribution in [0, 0.1) is 0 Å². The summed E-state index contributed by atoms with van der Waals surface area (Å²) >= 11 is 1.38. The van der Waals surface area contributed by atoms with E-state index in [0.717, 1.165) is 43.3 Å². The van der Waals surface area contributed by atoms with Crippen LogP contribution in [0.4, 0.5) is 5.00 Å². The van der Waals surface area contributed by atoms with Crippen LogP contribution in [0.2, 0.25) is 0 Å². The molecule has 0 radical (unpaired) electrons. The summed E-state index contributed by atoms with van der Waals surface area (Å²) in [5.41, 5.74) is 0.955. The molecule has 0 bridgehead atoms. The third kappa shape index (κ3) is 4.11. The third-order valence-electron chi connectivity index (χ3n) is 3.26. The van der Waals surface area contributed by atoms with Crippen molar-refractivity contribution in [3.8, 4) is 0 Å². The minimum Gasteiger partial charge on any atom is -0.374 e. The number of anilines is 1. The number of nitrogens with one attached hydrogen (secondary N) is 1. The molecule has 20 heavy (non-hydrogen) atoms. The molecular formula is C11H21N5O2S2. The molecule has 9 heteroatoms. The summed E-state index contributed by atoms with van der Waals surface area (Å²) in [5, 5.41) is 8.51. The highest BCUT2D eigenvalue weighted by Crippen LogP contribution is 2.20. The Kier molecular flexibility index (Phi) is 5.30. The number of sulfonamides is 1. The van der Waals surface area contributed by atoms with Gasteiger partial charge in [0.2, 0.25) is 10.0 Å². The molecule has 1 aliphatic rings. The topological polar surface area (TPSA) is 78.4 Å². The summed E-state index contributed by atoms with van der Waals surface area (Å²) < 4.78 is 28.4. The average Bonchev–Trinajstić information content (AvgIpc) is 2.83.